The van der Waals surface area contributed by atoms with Crippen molar-refractivity contribution >= 4 is 0 Å². The highest BCUT2D eigenvalue weighted by Gasteiger charge is 1.82. The molecule has 0 bridgehead atoms. The Morgan fingerprint density at radius 2 is 2.40 bits per heavy atom. The zero-order valence-corrected chi connectivity index (χ0v) is 5.63. The molecule has 0 saturated heterocycles. The molecule has 0 amide bonds. The normalized spacial score (nSPS) is 8.90. The third-order valence-corrected chi connectivity index (χ3v) is 1.12. The Hall–Kier alpha value is -1.31. The summed E-state index contributed by atoms with van der Waals surface area (Å²) in [7, 11) is 1.47. The van der Waals surface area contributed by atoms with E-state index in [9.17, 15) is 4.79 Å². The van der Waals surface area contributed by atoms with Gasteiger partial charge in [0, 0.05) is 0 Å². The second-order valence-electron chi connectivity index (χ2n) is 1.77. The summed E-state index contributed by atoms with van der Waals surface area (Å²) in [5.41, 5.74) is -0.146. The van der Waals surface area contributed by atoms with Crippen molar-refractivity contribution in [2.45, 2.75) is 0 Å². The van der Waals surface area contributed by atoms with E-state index in [0.29, 0.717) is 5.75 Å². The van der Waals surface area contributed by atoms with Crippen LogP contribution >= 0.6 is 0 Å². The molecule has 1 rings (SSSR count). The molecule has 0 aliphatic carbocycles. The highest BCUT2D eigenvalue weighted by molar-refractivity contribution is 5.19. The van der Waals surface area contributed by atoms with Gasteiger partial charge in [0.1, 0.15) is 5.43 Å². The first-order chi connectivity index (χ1) is 4.84. The Balaban J connectivity index is 3.28. The fraction of sp³-hybridized carbons (Fsp3) is 0.125. The van der Waals surface area contributed by atoms with Crippen LogP contribution in [0.4, 0.5) is 0 Å². The Labute approximate surface area is 59.1 Å². The maximum Gasteiger partial charge on any atom is 0.116 e. The second-order valence-corrected chi connectivity index (χ2v) is 1.77. The Morgan fingerprint density at radius 3 is 3.10 bits per heavy atom. The molecule has 0 saturated carbocycles. The zero-order valence-electron chi connectivity index (χ0n) is 5.63. The van der Waals surface area contributed by atoms with Crippen LogP contribution in [0.15, 0.2) is 29.1 Å². The lowest BCUT2D eigenvalue weighted by Crippen LogP contribution is -1.99. The fourth-order valence-corrected chi connectivity index (χ4v) is 0.637. The molecule has 2 heteroatoms. The van der Waals surface area contributed by atoms with Gasteiger partial charge in [0.2, 0.25) is 0 Å². The standard InChI is InChI=1S/C8H7O2/c1-10-8-6-4-2-3-5-7(8)9/h2,4-6H,1H3/q-1. The van der Waals surface area contributed by atoms with E-state index in [2.05, 4.69) is 6.07 Å². The van der Waals surface area contributed by atoms with Crippen LogP contribution in [0, 0.1) is 6.07 Å². The van der Waals surface area contributed by atoms with E-state index < -0.39 is 0 Å². The first kappa shape index (κ1) is 6.81. The van der Waals surface area contributed by atoms with E-state index in [0.717, 1.165) is 0 Å². The maximum absolute atomic E-state index is 10.9. The molecule has 2 nitrogen and oxygen atoms in total. The molecule has 10 heavy (non-hydrogen) atoms. The van der Waals surface area contributed by atoms with Crippen LogP contribution in [-0.4, -0.2) is 7.11 Å². The van der Waals surface area contributed by atoms with Crippen LogP contribution in [0.3, 0.4) is 0 Å². The van der Waals surface area contributed by atoms with E-state index in [1.807, 2.05) is 0 Å². The van der Waals surface area contributed by atoms with E-state index in [1.165, 1.54) is 13.2 Å². The highest BCUT2D eigenvalue weighted by Crippen LogP contribution is 1.96. The first-order valence-electron chi connectivity index (χ1n) is 2.89. The summed E-state index contributed by atoms with van der Waals surface area (Å²) >= 11 is 0. The molecular weight excluding hydrogens is 128 g/mol. The summed E-state index contributed by atoms with van der Waals surface area (Å²) < 4.78 is 4.77. The van der Waals surface area contributed by atoms with Crippen molar-refractivity contribution in [3.05, 3.63) is 40.6 Å². The Bertz CT molecular complexity index is 268. The lowest BCUT2D eigenvalue weighted by Gasteiger charge is -1.94. The van der Waals surface area contributed by atoms with Crippen LogP contribution < -0.4 is 10.2 Å². The first-order valence-corrected chi connectivity index (χ1v) is 2.89. The zero-order chi connectivity index (χ0) is 7.40. The topological polar surface area (TPSA) is 26.3 Å². The van der Waals surface area contributed by atoms with Crippen LogP contribution in [-0.2, 0) is 0 Å². The van der Waals surface area contributed by atoms with Gasteiger partial charge in [-0.15, -0.1) is 6.07 Å². The van der Waals surface area contributed by atoms with Crippen molar-refractivity contribution in [2.75, 3.05) is 7.11 Å². The van der Waals surface area contributed by atoms with Crippen molar-refractivity contribution in [2.24, 2.45) is 0 Å². The molecule has 1 aromatic carbocycles. The SMILES string of the molecule is COc1ccc[c-]cc1=O. The van der Waals surface area contributed by atoms with Gasteiger partial charge in [-0.05, 0) is 0 Å². The van der Waals surface area contributed by atoms with Gasteiger partial charge in [0.05, 0.1) is 12.9 Å². The Kier molecular flexibility index (Phi) is 2.05. The van der Waals surface area contributed by atoms with Gasteiger partial charge >= 0.3 is 0 Å². The monoisotopic (exact) mass is 135 g/mol. The van der Waals surface area contributed by atoms with Gasteiger partial charge in [-0.2, -0.15) is 18.2 Å². The molecule has 0 aliphatic heterocycles. The Morgan fingerprint density at radius 1 is 1.60 bits per heavy atom. The summed E-state index contributed by atoms with van der Waals surface area (Å²) in [5.74, 6) is 0.348. The van der Waals surface area contributed by atoms with Gasteiger partial charge in [-0.1, -0.05) is 6.07 Å². The van der Waals surface area contributed by atoms with E-state index in [4.69, 9.17) is 4.74 Å². The van der Waals surface area contributed by atoms with E-state index in [-0.39, 0.29) is 5.43 Å². The predicted octanol–water partition coefficient (Wildman–Crippen LogP) is 0.856. The lowest BCUT2D eigenvalue weighted by molar-refractivity contribution is 0.411. The van der Waals surface area contributed by atoms with Crippen LogP contribution in [0.2, 0.25) is 0 Å². The molecule has 0 unspecified atom stereocenters. The molecule has 0 heterocycles. The van der Waals surface area contributed by atoms with Gasteiger partial charge in [0.15, 0.2) is 0 Å². The van der Waals surface area contributed by atoms with Gasteiger partial charge in [-0.3, -0.25) is 0 Å². The van der Waals surface area contributed by atoms with Gasteiger partial charge < -0.3 is 9.53 Å². The maximum atomic E-state index is 10.9. The molecule has 0 N–H and O–H groups in total. The smallest absolute Gasteiger partial charge is 0.116 e. The number of hydrogen-bond donors (Lipinski definition) is 0. The minimum absolute atomic E-state index is 0.146. The third kappa shape index (κ3) is 1.35. The van der Waals surface area contributed by atoms with Crippen molar-refractivity contribution in [1.82, 2.24) is 0 Å². The van der Waals surface area contributed by atoms with Crippen molar-refractivity contribution in [3.63, 3.8) is 0 Å². The number of methoxy groups -OCH3 is 1. The second kappa shape index (κ2) is 3.01. The van der Waals surface area contributed by atoms with Crippen molar-refractivity contribution in [1.29, 1.82) is 0 Å². The van der Waals surface area contributed by atoms with Crippen molar-refractivity contribution < 1.29 is 4.74 Å². The van der Waals surface area contributed by atoms with Crippen molar-refractivity contribution in [3.8, 4) is 5.75 Å². The molecule has 0 fully saturated rings. The summed E-state index contributed by atoms with van der Waals surface area (Å²) in [4.78, 5) is 10.9. The van der Waals surface area contributed by atoms with Gasteiger partial charge in [-0.25, -0.2) is 0 Å². The number of rotatable bonds is 1. The quantitative estimate of drug-likeness (QED) is 0.534. The van der Waals surface area contributed by atoms with Crippen LogP contribution in [0.1, 0.15) is 0 Å². The molecule has 0 spiro atoms. The minimum atomic E-state index is -0.146. The number of hydrogen-bond acceptors (Lipinski definition) is 2. The molecular formula is C8H7O2-. The van der Waals surface area contributed by atoms with Gasteiger partial charge in [0.25, 0.3) is 0 Å². The van der Waals surface area contributed by atoms with E-state index in [1.54, 1.807) is 18.2 Å². The summed E-state index contributed by atoms with van der Waals surface area (Å²) in [6.07, 6.45) is 0. The largest absolute Gasteiger partial charge is 0.507 e. The molecule has 0 radical (unpaired) electrons. The average molecular weight is 135 g/mol. The van der Waals surface area contributed by atoms with Crippen LogP contribution in [0.25, 0.3) is 0 Å². The molecule has 0 aliphatic rings. The summed E-state index contributed by atoms with van der Waals surface area (Å²) in [5, 5.41) is 0. The lowest BCUT2D eigenvalue weighted by atomic mass is 10.5. The minimum Gasteiger partial charge on any atom is -0.507 e. The molecule has 0 atom stereocenters. The predicted molar refractivity (Wildman–Crippen MR) is 38.1 cm³/mol. The molecule has 52 valence electrons. The molecule has 0 aromatic heterocycles. The number of ether oxygens (including phenoxy) is 1. The fourth-order valence-electron chi connectivity index (χ4n) is 0.637. The highest BCUT2D eigenvalue weighted by atomic mass is 16.5. The summed E-state index contributed by atoms with van der Waals surface area (Å²) in [6.45, 7) is 0. The van der Waals surface area contributed by atoms with Crippen LogP contribution in [0.5, 0.6) is 5.75 Å². The van der Waals surface area contributed by atoms with E-state index >= 15 is 0 Å². The third-order valence-electron chi connectivity index (χ3n) is 1.12. The molecule has 1 aromatic rings. The summed E-state index contributed by atoms with van der Waals surface area (Å²) in [6, 6.07) is 9.00. The average Bonchev–Trinajstić information content (AvgIpc) is 2.13.